The van der Waals surface area contributed by atoms with Crippen molar-refractivity contribution in [2.45, 2.75) is 30.9 Å². The van der Waals surface area contributed by atoms with Crippen molar-refractivity contribution in [2.24, 2.45) is 0 Å². The van der Waals surface area contributed by atoms with Crippen molar-refractivity contribution in [1.82, 2.24) is 20.4 Å². The largest absolute Gasteiger partial charge is 0.401 e. The first kappa shape index (κ1) is 26.7. The Kier molecular flexibility index (Phi) is 7.71. The van der Waals surface area contributed by atoms with Crippen LogP contribution in [0.15, 0.2) is 53.1 Å². The number of nitrogens with zero attached hydrogens (tertiary/aromatic N) is 3. The number of anilines is 2. The average Bonchev–Trinajstić information content (AvgIpc) is 3.59. The van der Waals surface area contributed by atoms with Gasteiger partial charge in [-0.3, -0.25) is 4.79 Å². The molecule has 3 aromatic rings. The van der Waals surface area contributed by atoms with Gasteiger partial charge in [0.1, 0.15) is 11.2 Å². The molecule has 1 aliphatic rings. The van der Waals surface area contributed by atoms with Crippen molar-refractivity contribution < 1.29 is 32.0 Å². The summed E-state index contributed by atoms with van der Waals surface area (Å²) in [5.41, 5.74) is -0.681. The Balaban J connectivity index is 1.37. The lowest BCUT2D eigenvalue weighted by atomic mass is 10.0. The summed E-state index contributed by atoms with van der Waals surface area (Å²) in [6, 6.07) is 5.25. The van der Waals surface area contributed by atoms with Crippen LogP contribution in [0.1, 0.15) is 24.2 Å². The van der Waals surface area contributed by atoms with E-state index in [1.807, 2.05) is 0 Å². The molecule has 1 amide bonds. The summed E-state index contributed by atoms with van der Waals surface area (Å²) >= 11 is 0. The predicted octanol–water partition coefficient (Wildman–Crippen LogP) is 3.53. The molecule has 0 spiro atoms. The summed E-state index contributed by atoms with van der Waals surface area (Å²) in [6.07, 6.45) is 0.375. The molecule has 5 N–H and O–H groups in total. The molecule has 2 heterocycles. The van der Waals surface area contributed by atoms with E-state index in [2.05, 4.69) is 31.1 Å². The highest BCUT2D eigenvalue weighted by Gasteiger charge is 2.66. The minimum absolute atomic E-state index is 0.0681. The van der Waals surface area contributed by atoms with Gasteiger partial charge in [0.25, 0.3) is 0 Å². The molecular weight excluding hydrogens is 510 g/mol. The van der Waals surface area contributed by atoms with Crippen LogP contribution in [-0.4, -0.2) is 51.7 Å². The Morgan fingerprint density at radius 2 is 1.89 bits per heavy atom. The zero-order valence-corrected chi connectivity index (χ0v) is 19.8. The number of halogens is 4. The van der Waals surface area contributed by atoms with Crippen LogP contribution in [0.4, 0.5) is 29.3 Å². The molecule has 0 aliphatic heterocycles. The maximum atomic E-state index is 14.7. The van der Waals surface area contributed by atoms with Crippen LogP contribution >= 0.6 is 0 Å². The molecule has 0 unspecified atom stereocenters. The molecule has 2 aromatic heterocycles. The van der Waals surface area contributed by atoms with Crippen LogP contribution in [0.5, 0.6) is 0 Å². The van der Waals surface area contributed by atoms with Gasteiger partial charge in [0.2, 0.25) is 11.9 Å². The highest BCUT2D eigenvalue weighted by Crippen LogP contribution is 2.59. The van der Waals surface area contributed by atoms with Gasteiger partial charge >= 0.3 is 6.18 Å². The molecule has 0 bridgehead atoms. The summed E-state index contributed by atoms with van der Waals surface area (Å²) in [7, 11) is 0. The average molecular weight is 533 g/mol. The van der Waals surface area contributed by atoms with E-state index in [4.69, 9.17) is 15.0 Å². The van der Waals surface area contributed by atoms with Crippen LogP contribution in [0, 0.1) is 11.2 Å². The summed E-state index contributed by atoms with van der Waals surface area (Å²) in [5.74, 6) is -1.67. The van der Waals surface area contributed by atoms with Crippen LogP contribution in [0.3, 0.4) is 0 Å². The van der Waals surface area contributed by atoms with E-state index in [0.29, 0.717) is 23.4 Å². The molecule has 0 radical (unpaired) electrons. The number of amides is 1. The minimum atomic E-state index is -4.47. The summed E-state index contributed by atoms with van der Waals surface area (Å²) in [5, 5.41) is 27.6. The molecular formula is C24H23F4N7O3. The minimum Gasteiger partial charge on any atom is -0.395 e. The van der Waals surface area contributed by atoms with Gasteiger partial charge in [-0.1, -0.05) is 17.3 Å². The molecule has 0 saturated heterocycles. The number of hydrogen-bond acceptors (Lipinski definition) is 9. The number of carbonyl (C=O) groups excluding carboxylic acids is 1. The number of allylic oxidation sites excluding steroid dienone is 1. The van der Waals surface area contributed by atoms with Crippen molar-refractivity contribution >= 4 is 23.9 Å². The standard InChI is InChI=1S/C24H23F4N7O3/c25-18-7-14(16-11-31-22(32-12-16)33-17(10-29)13-30-5-6-36)1-2-15(18)8-21(37)34-20-9-19(38-35-20)23(3-4-23)24(26,27)28/h1-2,7,9-13,29-30,36H,3-6,8H2,(H,31,32,33)(H,34,35,37)/b17-13+,29-10?. The molecule has 10 nitrogen and oxygen atoms in total. The number of hydrogen-bond donors (Lipinski definition) is 5. The van der Waals surface area contributed by atoms with Crippen LogP contribution in [0.25, 0.3) is 11.1 Å². The number of aliphatic hydroxyl groups excluding tert-OH is 1. The number of carbonyl (C=O) groups is 1. The van der Waals surface area contributed by atoms with Gasteiger partial charge in [-0.25, -0.2) is 14.4 Å². The number of aliphatic hydroxyl groups is 1. The van der Waals surface area contributed by atoms with Crippen molar-refractivity contribution in [3.05, 3.63) is 65.7 Å². The van der Waals surface area contributed by atoms with Gasteiger partial charge in [0.15, 0.2) is 11.6 Å². The fourth-order valence-electron chi connectivity index (χ4n) is 3.62. The predicted molar refractivity (Wildman–Crippen MR) is 129 cm³/mol. The summed E-state index contributed by atoms with van der Waals surface area (Å²) in [4.78, 5) is 20.6. The van der Waals surface area contributed by atoms with E-state index in [9.17, 15) is 22.4 Å². The van der Waals surface area contributed by atoms with E-state index in [-0.39, 0.29) is 49.0 Å². The van der Waals surface area contributed by atoms with Gasteiger partial charge in [-0.15, -0.1) is 0 Å². The second kappa shape index (κ2) is 11.0. The van der Waals surface area contributed by atoms with Gasteiger partial charge in [0.05, 0.1) is 18.7 Å². The zero-order valence-electron chi connectivity index (χ0n) is 19.8. The third-order valence-electron chi connectivity index (χ3n) is 5.86. The van der Waals surface area contributed by atoms with Crippen molar-refractivity contribution in [3.63, 3.8) is 0 Å². The van der Waals surface area contributed by atoms with E-state index in [1.165, 1.54) is 30.7 Å². The zero-order chi connectivity index (χ0) is 27.3. The second-order valence-corrected chi connectivity index (χ2v) is 8.53. The van der Waals surface area contributed by atoms with Crippen LogP contribution < -0.4 is 16.0 Å². The highest BCUT2D eigenvalue weighted by atomic mass is 19.4. The molecule has 200 valence electrons. The van der Waals surface area contributed by atoms with Gasteiger partial charge in [-0.05, 0) is 30.0 Å². The third-order valence-corrected chi connectivity index (χ3v) is 5.86. The van der Waals surface area contributed by atoms with Crippen molar-refractivity contribution in [1.29, 1.82) is 5.41 Å². The smallest absolute Gasteiger partial charge is 0.395 e. The summed E-state index contributed by atoms with van der Waals surface area (Å²) < 4.78 is 59.2. The molecule has 1 aliphatic carbocycles. The van der Waals surface area contributed by atoms with Crippen molar-refractivity contribution in [3.8, 4) is 11.1 Å². The number of alkyl halides is 3. The van der Waals surface area contributed by atoms with Crippen LogP contribution in [-0.2, 0) is 16.6 Å². The lowest BCUT2D eigenvalue weighted by Crippen LogP contribution is -2.28. The fourth-order valence-corrected chi connectivity index (χ4v) is 3.62. The molecule has 1 aromatic carbocycles. The Hall–Kier alpha value is -4.33. The van der Waals surface area contributed by atoms with Gasteiger partial charge in [0, 0.05) is 43.0 Å². The van der Waals surface area contributed by atoms with E-state index >= 15 is 0 Å². The fraction of sp³-hybridized carbons (Fsp3) is 0.292. The van der Waals surface area contributed by atoms with Gasteiger partial charge in [-0.2, -0.15) is 13.2 Å². The quantitative estimate of drug-likeness (QED) is 0.143. The Bertz CT molecular complexity index is 1340. The number of rotatable bonds is 11. The summed E-state index contributed by atoms with van der Waals surface area (Å²) in [6.45, 7) is 0.243. The topological polar surface area (TPSA) is 149 Å². The monoisotopic (exact) mass is 533 g/mol. The molecule has 0 atom stereocenters. The maximum Gasteiger partial charge on any atom is 0.401 e. The normalized spacial score (nSPS) is 14.6. The SMILES string of the molecule is N=C/C(=C\NCCO)Nc1ncc(-c2ccc(CC(=O)Nc3cc(C4(C(F)(F)F)CC4)on3)c(F)c2)cn1. The molecule has 14 heteroatoms. The molecule has 1 fully saturated rings. The van der Waals surface area contributed by atoms with E-state index in [1.54, 1.807) is 6.07 Å². The Morgan fingerprint density at radius 3 is 2.50 bits per heavy atom. The molecule has 38 heavy (non-hydrogen) atoms. The highest BCUT2D eigenvalue weighted by molar-refractivity contribution is 5.91. The van der Waals surface area contributed by atoms with E-state index in [0.717, 1.165) is 12.3 Å². The Morgan fingerprint density at radius 1 is 1.16 bits per heavy atom. The number of benzene rings is 1. The second-order valence-electron chi connectivity index (χ2n) is 8.53. The first-order valence-corrected chi connectivity index (χ1v) is 11.4. The third kappa shape index (κ3) is 5.96. The lowest BCUT2D eigenvalue weighted by Gasteiger charge is -2.14. The first-order chi connectivity index (χ1) is 18.1. The lowest BCUT2D eigenvalue weighted by molar-refractivity contribution is -0.165. The van der Waals surface area contributed by atoms with E-state index < -0.39 is 23.3 Å². The number of aromatic nitrogens is 3. The van der Waals surface area contributed by atoms with Crippen LogP contribution in [0.2, 0.25) is 0 Å². The van der Waals surface area contributed by atoms with Gasteiger partial charge < -0.3 is 31.0 Å². The Labute approximate surface area is 213 Å². The number of nitrogens with one attached hydrogen (secondary N) is 4. The molecule has 4 rings (SSSR count). The maximum absolute atomic E-state index is 14.7. The van der Waals surface area contributed by atoms with Crippen molar-refractivity contribution in [2.75, 3.05) is 23.8 Å². The molecule has 1 saturated carbocycles. The first-order valence-electron chi connectivity index (χ1n) is 11.4.